The van der Waals surface area contributed by atoms with Crippen LogP contribution in [0.3, 0.4) is 0 Å². The summed E-state index contributed by atoms with van der Waals surface area (Å²) in [6, 6.07) is 4.27. The highest BCUT2D eigenvalue weighted by atomic mass is 35.5. The number of nitrogens with one attached hydrogen (secondary N) is 1. The van der Waals surface area contributed by atoms with E-state index in [1.165, 1.54) is 13.2 Å². The predicted octanol–water partition coefficient (Wildman–Crippen LogP) is 0.829. The topological polar surface area (TPSA) is 72.5 Å². The van der Waals surface area contributed by atoms with Gasteiger partial charge in [0.1, 0.15) is 6.04 Å². The van der Waals surface area contributed by atoms with Gasteiger partial charge in [-0.05, 0) is 23.3 Å². The van der Waals surface area contributed by atoms with Crippen LogP contribution in [0.15, 0.2) is 23.1 Å². The molecule has 1 aliphatic heterocycles. The van der Waals surface area contributed by atoms with Gasteiger partial charge < -0.3 is 4.74 Å². The number of benzene rings is 1. The van der Waals surface area contributed by atoms with Crippen molar-refractivity contribution in [2.24, 2.45) is 0 Å². The van der Waals surface area contributed by atoms with E-state index in [1.54, 1.807) is 12.1 Å². The zero-order valence-electron chi connectivity index (χ0n) is 9.97. The van der Waals surface area contributed by atoms with Gasteiger partial charge in [0, 0.05) is 12.8 Å². The van der Waals surface area contributed by atoms with E-state index in [4.69, 9.17) is 0 Å². The molecule has 0 aliphatic carbocycles. The first-order valence-corrected chi connectivity index (χ1v) is 6.96. The van der Waals surface area contributed by atoms with Crippen LogP contribution in [0.1, 0.15) is 17.2 Å². The monoisotopic (exact) mass is 291 g/mol. The quantitative estimate of drug-likeness (QED) is 0.817. The number of carbonyl (C=O) groups excluding carboxylic acids is 1. The SMILES string of the molecule is COC(=O)C1NCc2cc(S(C)(=O)=O)ccc21.Cl. The maximum atomic E-state index is 11.5. The molecule has 5 nitrogen and oxygen atoms in total. The van der Waals surface area contributed by atoms with Crippen LogP contribution < -0.4 is 5.32 Å². The molecule has 0 spiro atoms. The summed E-state index contributed by atoms with van der Waals surface area (Å²) in [5.74, 6) is -0.365. The number of hydrogen-bond donors (Lipinski definition) is 1. The molecule has 1 aromatic rings. The molecule has 0 radical (unpaired) electrons. The predicted molar refractivity (Wildman–Crippen MR) is 68.4 cm³/mol. The summed E-state index contributed by atoms with van der Waals surface area (Å²) in [4.78, 5) is 11.7. The zero-order valence-corrected chi connectivity index (χ0v) is 11.6. The maximum Gasteiger partial charge on any atom is 0.327 e. The van der Waals surface area contributed by atoms with Gasteiger partial charge in [0.25, 0.3) is 0 Å². The Morgan fingerprint density at radius 2 is 2.11 bits per heavy atom. The van der Waals surface area contributed by atoms with Gasteiger partial charge in [-0.25, -0.2) is 13.2 Å². The molecule has 2 rings (SSSR count). The second kappa shape index (κ2) is 5.26. The molecule has 1 atom stereocenters. The minimum absolute atomic E-state index is 0. The Hall–Kier alpha value is -1.11. The fraction of sp³-hybridized carbons (Fsp3) is 0.364. The van der Waals surface area contributed by atoms with Gasteiger partial charge in [0.2, 0.25) is 0 Å². The molecule has 1 N–H and O–H groups in total. The molecule has 0 saturated carbocycles. The summed E-state index contributed by atoms with van der Waals surface area (Å²) >= 11 is 0. The molecule has 18 heavy (non-hydrogen) atoms. The van der Waals surface area contributed by atoms with E-state index < -0.39 is 15.9 Å². The van der Waals surface area contributed by atoms with Crippen molar-refractivity contribution in [3.05, 3.63) is 29.3 Å². The van der Waals surface area contributed by atoms with Crippen molar-refractivity contribution in [3.63, 3.8) is 0 Å². The highest BCUT2D eigenvalue weighted by Crippen LogP contribution is 2.28. The highest BCUT2D eigenvalue weighted by molar-refractivity contribution is 7.90. The summed E-state index contributed by atoms with van der Waals surface area (Å²) in [7, 11) is -1.89. The van der Waals surface area contributed by atoms with Crippen molar-refractivity contribution in [2.45, 2.75) is 17.5 Å². The Morgan fingerprint density at radius 1 is 1.44 bits per heavy atom. The second-order valence-corrected chi connectivity index (χ2v) is 5.99. The van der Waals surface area contributed by atoms with Gasteiger partial charge in [-0.15, -0.1) is 12.4 Å². The van der Waals surface area contributed by atoms with E-state index >= 15 is 0 Å². The summed E-state index contributed by atoms with van der Waals surface area (Å²) < 4.78 is 27.5. The van der Waals surface area contributed by atoms with Crippen LogP contribution in [0.4, 0.5) is 0 Å². The third-order valence-corrected chi connectivity index (χ3v) is 3.90. The van der Waals surface area contributed by atoms with Gasteiger partial charge in [-0.3, -0.25) is 5.32 Å². The van der Waals surface area contributed by atoms with Crippen LogP contribution in [-0.4, -0.2) is 27.8 Å². The third kappa shape index (κ3) is 2.66. The summed E-state index contributed by atoms with van der Waals surface area (Å²) in [6.45, 7) is 0.471. The van der Waals surface area contributed by atoms with E-state index in [9.17, 15) is 13.2 Å². The van der Waals surface area contributed by atoms with Crippen molar-refractivity contribution < 1.29 is 17.9 Å². The molecule has 7 heteroatoms. The number of hydrogen-bond acceptors (Lipinski definition) is 5. The lowest BCUT2D eigenvalue weighted by molar-refractivity contribution is -0.143. The molecule has 1 aliphatic rings. The third-order valence-electron chi connectivity index (χ3n) is 2.79. The van der Waals surface area contributed by atoms with Crippen LogP contribution in [0.2, 0.25) is 0 Å². The van der Waals surface area contributed by atoms with E-state index in [-0.39, 0.29) is 23.3 Å². The molecular weight excluding hydrogens is 278 g/mol. The maximum absolute atomic E-state index is 11.5. The first-order chi connectivity index (χ1) is 7.93. The molecule has 0 aromatic heterocycles. The molecule has 1 aromatic carbocycles. The Kier molecular flexibility index (Phi) is 4.37. The molecular formula is C11H14ClNO4S. The van der Waals surface area contributed by atoms with Gasteiger partial charge in [0.15, 0.2) is 9.84 Å². The number of carbonyl (C=O) groups is 1. The number of ether oxygens (including phenoxy) is 1. The number of esters is 1. The van der Waals surface area contributed by atoms with Gasteiger partial charge >= 0.3 is 5.97 Å². The summed E-state index contributed by atoms with van der Waals surface area (Å²) in [6.07, 6.45) is 1.16. The molecule has 0 fully saturated rings. The minimum atomic E-state index is -3.21. The standard InChI is InChI=1S/C11H13NO4S.ClH/c1-16-11(13)10-9-4-3-8(17(2,14)15)5-7(9)6-12-10;/h3-5,10,12H,6H2,1-2H3;1H. The molecule has 0 saturated heterocycles. The number of sulfone groups is 1. The van der Waals surface area contributed by atoms with Crippen LogP contribution in [0.5, 0.6) is 0 Å². The van der Waals surface area contributed by atoms with E-state index in [0.717, 1.165) is 17.4 Å². The van der Waals surface area contributed by atoms with Crippen LogP contribution in [0, 0.1) is 0 Å². The Bertz CT molecular complexity index is 570. The first-order valence-electron chi connectivity index (χ1n) is 5.07. The zero-order chi connectivity index (χ0) is 12.6. The molecule has 100 valence electrons. The fourth-order valence-electron chi connectivity index (χ4n) is 1.90. The second-order valence-electron chi connectivity index (χ2n) is 3.97. The molecule has 0 bridgehead atoms. The Morgan fingerprint density at radius 3 is 2.67 bits per heavy atom. The van der Waals surface area contributed by atoms with Gasteiger partial charge in [0.05, 0.1) is 12.0 Å². The van der Waals surface area contributed by atoms with E-state index in [0.29, 0.717) is 6.54 Å². The smallest absolute Gasteiger partial charge is 0.327 e. The van der Waals surface area contributed by atoms with E-state index in [2.05, 4.69) is 10.1 Å². The minimum Gasteiger partial charge on any atom is -0.468 e. The molecule has 1 heterocycles. The van der Waals surface area contributed by atoms with Crippen LogP contribution >= 0.6 is 12.4 Å². The Balaban J connectivity index is 0.00000162. The average molecular weight is 292 g/mol. The molecule has 0 amide bonds. The van der Waals surface area contributed by atoms with Crippen LogP contribution in [0.25, 0.3) is 0 Å². The lowest BCUT2D eigenvalue weighted by Crippen LogP contribution is -2.22. The normalized spacial score (nSPS) is 17.8. The van der Waals surface area contributed by atoms with Crippen LogP contribution in [-0.2, 0) is 25.9 Å². The first kappa shape index (κ1) is 14.9. The van der Waals surface area contributed by atoms with Crippen molar-refractivity contribution in [1.29, 1.82) is 0 Å². The average Bonchev–Trinajstić information content (AvgIpc) is 2.69. The summed E-state index contributed by atoms with van der Waals surface area (Å²) in [5.41, 5.74) is 1.60. The highest BCUT2D eigenvalue weighted by Gasteiger charge is 2.29. The van der Waals surface area contributed by atoms with Crippen molar-refractivity contribution in [3.8, 4) is 0 Å². The van der Waals surface area contributed by atoms with Crippen molar-refractivity contribution in [1.82, 2.24) is 5.32 Å². The van der Waals surface area contributed by atoms with Gasteiger partial charge in [-0.2, -0.15) is 0 Å². The lowest BCUT2D eigenvalue weighted by atomic mass is 10.1. The number of rotatable bonds is 2. The number of halogens is 1. The number of methoxy groups -OCH3 is 1. The van der Waals surface area contributed by atoms with Crippen molar-refractivity contribution >= 4 is 28.2 Å². The number of fused-ring (bicyclic) bond motifs is 1. The van der Waals surface area contributed by atoms with Gasteiger partial charge in [-0.1, -0.05) is 6.07 Å². The summed E-state index contributed by atoms with van der Waals surface area (Å²) in [5, 5.41) is 2.98. The lowest BCUT2D eigenvalue weighted by Gasteiger charge is -2.09. The largest absolute Gasteiger partial charge is 0.468 e. The Labute approximate surface area is 112 Å². The van der Waals surface area contributed by atoms with Crippen molar-refractivity contribution in [2.75, 3.05) is 13.4 Å². The molecule has 1 unspecified atom stereocenters. The fourth-order valence-corrected chi connectivity index (χ4v) is 2.57. The van der Waals surface area contributed by atoms with E-state index in [1.807, 2.05) is 0 Å².